The van der Waals surface area contributed by atoms with E-state index in [-0.39, 0.29) is 0 Å². The summed E-state index contributed by atoms with van der Waals surface area (Å²) in [4.78, 5) is 8.35. The van der Waals surface area contributed by atoms with Crippen LogP contribution in [0.4, 0.5) is 0 Å². The molecule has 0 bridgehead atoms. The molecule has 0 aliphatic carbocycles. The minimum atomic E-state index is 0.666. The minimum Gasteiger partial charge on any atom is -0.329 e. The minimum absolute atomic E-state index is 0.666. The maximum atomic E-state index is 4.22. The Hall–Kier alpha value is -1.68. The summed E-state index contributed by atoms with van der Waals surface area (Å²) in [5.41, 5.74) is 2.40. The van der Waals surface area contributed by atoms with Gasteiger partial charge in [0.25, 0.3) is 0 Å². The largest absolute Gasteiger partial charge is 0.329 e. The first-order valence-electron chi connectivity index (χ1n) is 6.34. The first-order chi connectivity index (χ1) is 8.75. The molecule has 2 aromatic heterocycles. The van der Waals surface area contributed by atoms with E-state index in [0.717, 1.165) is 19.6 Å². The van der Waals surface area contributed by atoms with Gasteiger partial charge in [0, 0.05) is 25.1 Å². The van der Waals surface area contributed by atoms with E-state index in [2.05, 4.69) is 39.8 Å². The molecule has 0 aliphatic heterocycles. The molecule has 0 saturated carbocycles. The molecule has 0 fully saturated rings. The monoisotopic (exact) mass is 244 g/mol. The number of rotatable bonds is 6. The predicted molar refractivity (Wildman–Crippen MR) is 72.1 cm³/mol. The average Bonchev–Trinajstić information content (AvgIpc) is 2.78. The van der Waals surface area contributed by atoms with Crippen LogP contribution in [0.25, 0.3) is 0 Å². The van der Waals surface area contributed by atoms with Crippen molar-refractivity contribution in [2.45, 2.75) is 26.9 Å². The number of hydrogen-bond acceptors (Lipinski definition) is 3. The van der Waals surface area contributed by atoms with E-state index in [9.17, 15) is 0 Å². The zero-order chi connectivity index (χ0) is 12.8. The Morgan fingerprint density at radius 2 is 2.17 bits per heavy atom. The molecule has 0 saturated heterocycles. The Labute approximate surface area is 108 Å². The highest BCUT2D eigenvalue weighted by molar-refractivity contribution is 5.11. The van der Waals surface area contributed by atoms with Crippen LogP contribution < -0.4 is 5.32 Å². The molecule has 2 aromatic rings. The highest BCUT2D eigenvalue weighted by Gasteiger charge is 2.03. The molecular weight excluding hydrogens is 224 g/mol. The molecule has 2 heterocycles. The molecule has 4 nitrogen and oxygen atoms in total. The SMILES string of the molecule is CC(C)CNCc1cncn1Cc1cccnc1. The van der Waals surface area contributed by atoms with Gasteiger partial charge in [-0.25, -0.2) is 4.98 Å². The van der Waals surface area contributed by atoms with Crippen molar-refractivity contribution in [2.24, 2.45) is 5.92 Å². The van der Waals surface area contributed by atoms with E-state index in [1.54, 1.807) is 6.20 Å². The topological polar surface area (TPSA) is 42.7 Å². The van der Waals surface area contributed by atoms with E-state index in [4.69, 9.17) is 0 Å². The molecule has 18 heavy (non-hydrogen) atoms. The van der Waals surface area contributed by atoms with Crippen LogP contribution >= 0.6 is 0 Å². The highest BCUT2D eigenvalue weighted by atomic mass is 15.1. The van der Waals surface area contributed by atoms with Crippen LogP contribution in [0, 0.1) is 5.92 Å². The molecule has 0 unspecified atom stereocenters. The second-order valence-electron chi connectivity index (χ2n) is 4.90. The van der Waals surface area contributed by atoms with Crippen LogP contribution in [0.1, 0.15) is 25.1 Å². The van der Waals surface area contributed by atoms with Crippen LogP contribution in [0.5, 0.6) is 0 Å². The zero-order valence-electron chi connectivity index (χ0n) is 11.0. The first-order valence-corrected chi connectivity index (χ1v) is 6.34. The fourth-order valence-electron chi connectivity index (χ4n) is 1.81. The maximum Gasteiger partial charge on any atom is 0.0951 e. The second kappa shape index (κ2) is 6.31. The lowest BCUT2D eigenvalue weighted by molar-refractivity contribution is 0.539. The van der Waals surface area contributed by atoms with Crippen molar-refractivity contribution in [3.8, 4) is 0 Å². The number of imidazole rings is 1. The smallest absolute Gasteiger partial charge is 0.0951 e. The second-order valence-corrected chi connectivity index (χ2v) is 4.90. The molecule has 0 spiro atoms. The van der Waals surface area contributed by atoms with Gasteiger partial charge in [0.15, 0.2) is 0 Å². The Morgan fingerprint density at radius 3 is 2.89 bits per heavy atom. The lowest BCUT2D eigenvalue weighted by Gasteiger charge is -2.10. The lowest BCUT2D eigenvalue weighted by Crippen LogP contribution is -2.20. The predicted octanol–water partition coefficient (Wildman–Crippen LogP) is 2.07. The summed E-state index contributed by atoms with van der Waals surface area (Å²) in [6, 6.07) is 4.04. The zero-order valence-corrected chi connectivity index (χ0v) is 11.0. The third kappa shape index (κ3) is 3.67. The molecule has 4 heteroatoms. The standard InChI is InChI=1S/C14H20N4/c1-12(2)6-16-8-14-9-17-11-18(14)10-13-4-3-5-15-7-13/h3-5,7,9,11-12,16H,6,8,10H2,1-2H3. The molecule has 96 valence electrons. The summed E-state index contributed by atoms with van der Waals surface area (Å²) in [6.07, 6.45) is 7.48. The average molecular weight is 244 g/mol. The summed E-state index contributed by atoms with van der Waals surface area (Å²) in [5.74, 6) is 0.666. The van der Waals surface area contributed by atoms with Crippen LogP contribution in [0.15, 0.2) is 37.1 Å². The third-order valence-corrected chi connectivity index (χ3v) is 2.73. The van der Waals surface area contributed by atoms with Gasteiger partial charge in [-0.05, 0) is 24.1 Å². The Morgan fingerprint density at radius 1 is 1.28 bits per heavy atom. The van der Waals surface area contributed by atoms with Gasteiger partial charge in [0.05, 0.1) is 18.6 Å². The molecule has 0 radical (unpaired) electrons. The van der Waals surface area contributed by atoms with Crippen molar-refractivity contribution in [1.82, 2.24) is 19.9 Å². The molecular formula is C14H20N4. The van der Waals surface area contributed by atoms with E-state index >= 15 is 0 Å². The molecule has 2 rings (SSSR count). The van der Waals surface area contributed by atoms with Crippen LogP contribution in [-0.2, 0) is 13.1 Å². The van der Waals surface area contributed by atoms with Gasteiger partial charge in [-0.3, -0.25) is 4.98 Å². The summed E-state index contributed by atoms with van der Waals surface area (Å²) in [5, 5.41) is 3.44. The first kappa shape index (κ1) is 12.8. The third-order valence-electron chi connectivity index (χ3n) is 2.73. The van der Waals surface area contributed by atoms with Gasteiger partial charge in [0.2, 0.25) is 0 Å². The van der Waals surface area contributed by atoms with Crippen molar-refractivity contribution < 1.29 is 0 Å². The number of nitrogens with one attached hydrogen (secondary N) is 1. The van der Waals surface area contributed by atoms with Crippen molar-refractivity contribution in [3.05, 3.63) is 48.3 Å². The number of nitrogens with zero attached hydrogens (tertiary/aromatic N) is 3. The summed E-state index contributed by atoms with van der Waals surface area (Å²) >= 11 is 0. The Bertz CT molecular complexity index is 462. The highest BCUT2D eigenvalue weighted by Crippen LogP contribution is 2.05. The van der Waals surface area contributed by atoms with Gasteiger partial charge >= 0.3 is 0 Å². The summed E-state index contributed by atoms with van der Waals surface area (Å²) in [6.45, 7) is 7.13. The summed E-state index contributed by atoms with van der Waals surface area (Å²) < 4.78 is 2.16. The van der Waals surface area contributed by atoms with Crippen LogP contribution in [-0.4, -0.2) is 21.1 Å². The number of aromatic nitrogens is 3. The molecule has 1 N–H and O–H groups in total. The number of pyridine rings is 1. The van der Waals surface area contributed by atoms with Gasteiger partial charge in [0.1, 0.15) is 0 Å². The quantitative estimate of drug-likeness (QED) is 0.846. The lowest BCUT2D eigenvalue weighted by atomic mass is 10.2. The number of hydrogen-bond donors (Lipinski definition) is 1. The normalized spacial score (nSPS) is 11.1. The van der Waals surface area contributed by atoms with E-state index in [0.29, 0.717) is 5.92 Å². The van der Waals surface area contributed by atoms with Crippen molar-refractivity contribution in [3.63, 3.8) is 0 Å². The Balaban J connectivity index is 1.95. The fraction of sp³-hybridized carbons (Fsp3) is 0.429. The van der Waals surface area contributed by atoms with Crippen molar-refractivity contribution >= 4 is 0 Å². The van der Waals surface area contributed by atoms with E-state index < -0.39 is 0 Å². The fourth-order valence-corrected chi connectivity index (χ4v) is 1.81. The van der Waals surface area contributed by atoms with E-state index in [1.807, 2.05) is 24.8 Å². The van der Waals surface area contributed by atoms with Crippen molar-refractivity contribution in [2.75, 3.05) is 6.54 Å². The van der Waals surface area contributed by atoms with E-state index in [1.165, 1.54) is 11.3 Å². The van der Waals surface area contributed by atoms with Crippen LogP contribution in [0.2, 0.25) is 0 Å². The van der Waals surface area contributed by atoms with Gasteiger partial charge < -0.3 is 9.88 Å². The van der Waals surface area contributed by atoms with Gasteiger partial charge in [-0.1, -0.05) is 19.9 Å². The van der Waals surface area contributed by atoms with Gasteiger partial charge in [-0.15, -0.1) is 0 Å². The van der Waals surface area contributed by atoms with Crippen molar-refractivity contribution in [1.29, 1.82) is 0 Å². The molecule has 0 aromatic carbocycles. The van der Waals surface area contributed by atoms with Crippen LogP contribution in [0.3, 0.4) is 0 Å². The molecule has 0 atom stereocenters. The maximum absolute atomic E-state index is 4.22. The summed E-state index contributed by atoms with van der Waals surface area (Å²) in [7, 11) is 0. The Kier molecular flexibility index (Phi) is 4.47. The molecule has 0 aliphatic rings. The van der Waals surface area contributed by atoms with Gasteiger partial charge in [-0.2, -0.15) is 0 Å². The molecule has 0 amide bonds.